The van der Waals surface area contributed by atoms with Gasteiger partial charge in [0.25, 0.3) is 0 Å². The molecule has 0 heterocycles. The van der Waals surface area contributed by atoms with Crippen LogP contribution in [0.2, 0.25) is 0 Å². The van der Waals surface area contributed by atoms with Crippen molar-refractivity contribution in [1.82, 2.24) is 0 Å². The molecule has 0 radical (unpaired) electrons. The fraction of sp³-hybridized carbons (Fsp3) is 0.750. The average Bonchev–Trinajstić information content (AvgIpc) is 1.85. The van der Waals surface area contributed by atoms with Gasteiger partial charge in [0.2, 0.25) is 0 Å². The highest BCUT2D eigenvalue weighted by atomic mass is 16.4. The van der Waals surface area contributed by atoms with Gasteiger partial charge in [0.1, 0.15) is 5.78 Å². The van der Waals surface area contributed by atoms with Crippen molar-refractivity contribution in [3.05, 3.63) is 0 Å². The van der Waals surface area contributed by atoms with Crippen LogP contribution in [0.3, 0.4) is 0 Å². The molecule has 0 aromatic carbocycles. The summed E-state index contributed by atoms with van der Waals surface area (Å²) in [4.78, 5) is 19.3. The van der Waals surface area contributed by atoms with Crippen LogP contribution in [0, 0.1) is 0 Å². The predicted octanol–water partition coefficient (Wildman–Crippen LogP) is 0.522. The molecule has 66 valence electrons. The molecule has 0 aromatic heterocycles. The summed E-state index contributed by atoms with van der Waals surface area (Å²) in [5.41, 5.74) is 0. The molecule has 0 aliphatic rings. The Balaban J connectivity index is 0. The zero-order valence-corrected chi connectivity index (χ0v) is 7.35. The van der Waals surface area contributed by atoms with E-state index in [9.17, 15) is 14.7 Å². The molecule has 0 N–H and O–H groups in total. The molecule has 11 heavy (non-hydrogen) atoms. The first-order valence-corrected chi connectivity index (χ1v) is 3.73. The van der Waals surface area contributed by atoms with E-state index in [1.165, 1.54) is 19.8 Å². The Labute approximate surface area is 67.4 Å². The molecule has 3 nitrogen and oxygen atoms in total. The SMILES string of the molecule is CC(=O)CC(=O)[O-].CCCC. The van der Waals surface area contributed by atoms with Crippen LogP contribution >= 0.6 is 0 Å². The van der Waals surface area contributed by atoms with Crippen molar-refractivity contribution in [2.45, 2.75) is 40.0 Å². The number of Topliss-reactive ketones (excluding diaryl/α,β-unsaturated/α-hetero) is 1. The van der Waals surface area contributed by atoms with E-state index >= 15 is 0 Å². The molecule has 0 atom stereocenters. The Morgan fingerprint density at radius 1 is 1.18 bits per heavy atom. The highest BCUT2D eigenvalue weighted by Gasteiger charge is 1.88. The van der Waals surface area contributed by atoms with Crippen LogP contribution in [0.4, 0.5) is 0 Å². The Bertz CT molecular complexity index is 105. The summed E-state index contributed by atoms with van der Waals surface area (Å²) in [6.07, 6.45) is 2.17. The highest BCUT2D eigenvalue weighted by Crippen LogP contribution is 1.76. The van der Waals surface area contributed by atoms with Crippen molar-refractivity contribution in [3.63, 3.8) is 0 Å². The third-order valence-electron chi connectivity index (χ3n) is 0.893. The number of ketones is 1. The lowest BCUT2D eigenvalue weighted by molar-refractivity contribution is -0.304. The summed E-state index contributed by atoms with van der Waals surface area (Å²) >= 11 is 0. The van der Waals surface area contributed by atoms with Crippen molar-refractivity contribution < 1.29 is 14.7 Å². The molecule has 0 rings (SSSR count). The Morgan fingerprint density at radius 3 is 1.55 bits per heavy atom. The van der Waals surface area contributed by atoms with Crippen molar-refractivity contribution in [2.24, 2.45) is 0 Å². The van der Waals surface area contributed by atoms with E-state index in [-0.39, 0.29) is 5.78 Å². The van der Waals surface area contributed by atoms with Crippen LogP contribution in [-0.4, -0.2) is 11.8 Å². The van der Waals surface area contributed by atoms with Crippen LogP contribution in [-0.2, 0) is 9.59 Å². The number of unbranched alkanes of at least 4 members (excludes halogenated alkanes) is 1. The summed E-state index contributed by atoms with van der Waals surface area (Å²) in [5, 5.41) is 9.48. The molecular formula is C8H15O3-. The van der Waals surface area contributed by atoms with E-state index in [1.807, 2.05) is 0 Å². The Hall–Kier alpha value is -0.860. The van der Waals surface area contributed by atoms with Crippen LogP contribution in [0.1, 0.15) is 40.0 Å². The maximum atomic E-state index is 9.83. The van der Waals surface area contributed by atoms with Crippen LogP contribution in [0.5, 0.6) is 0 Å². The summed E-state index contributed by atoms with van der Waals surface area (Å²) in [7, 11) is 0. The van der Waals surface area contributed by atoms with E-state index in [4.69, 9.17) is 0 Å². The molecule has 0 aliphatic heterocycles. The number of hydrogen-bond donors (Lipinski definition) is 0. The van der Waals surface area contributed by atoms with Gasteiger partial charge in [0.15, 0.2) is 0 Å². The Kier molecular flexibility index (Phi) is 10.6. The zero-order chi connectivity index (χ0) is 9.28. The molecule has 0 unspecified atom stereocenters. The number of carbonyl (C=O) groups excluding carboxylic acids is 2. The first-order chi connectivity index (χ1) is 5.04. The lowest BCUT2D eigenvalue weighted by Crippen LogP contribution is -2.24. The second-order valence-electron chi connectivity index (χ2n) is 2.25. The van der Waals surface area contributed by atoms with Crippen LogP contribution < -0.4 is 5.11 Å². The smallest absolute Gasteiger partial charge is 0.135 e. The largest absolute Gasteiger partial charge is 0.550 e. The molecule has 3 heteroatoms. The van der Waals surface area contributed by atoms with E-state index in [2.05, 4.69) is 13.8 Å². The van der Waals surface area contributed by atoms with Crippen molar-refractivity contribution in [3.8, 4) is 0 Å². The third-order valence-corrected chi connectivity index (χ3v) is 0.893. The topological polar surface area (TPSA) is 57.2 Å². The Morgan fingerprint density at radius 2 is 1.55 bits per heavy atom. The van der Waals surface area contributed by atoms with Gasteiger partial charge in [-0.05, 0) is 6.92 Å². The van der Waals surface area contributed by atoms with Crippen LogP contribution in [0.25, 0.3) is 0 Å². The zero-order valence-electron chi connectivity index (χ0n) is 7.35. The van der Waals surface area contributed by atoms with E-state index in [0.717, 1.165) is 0 Å². The van der Waals surface area contributed by atoms with Gasteiger partial charge in [-0.15, -0.1) is 0 Å². The molecule has 0 saturated carbocycles. The first-order valence-electron chi connectivity index (χ1n) is 3.73. The summed E-state index contributed by atoms with van der Waals surface area (Å²) < 4.78 is 0. The highest BCUT2D eigenvalue weighted by molar-refractivity contribution is 5.92. The minimum Gasteiger partial charge on any atom is -0.550 e. The fourth-order valence-corrected chi connectivity index (χ4v) is 0.203. The molecule has 0 spiro atoms. The lowest BCUT2D eigenvalue weighted by atomic mass is 10.3. The van der Waals surface area contributed by atoms with Gasteiger partial charge >= 0.3 is 0 Å². The molecule has 0 saturated heterocycles. The second kappa shape index (κ2) is 9.14. The van der Waals surface area contributed by atoms with Gasteiger partial charge in [-0.3, -0.25) is 4.79 Å². The average molecular weight is 159 g/mol. The lowest BCUT2D eigenvalue weighted by Gasteiger charge is -1.92. The van der Waals surface area contributed by atoms with Gasteiger partial charge < -0.3 is 9.90 Å². The summed E-state index contributed by atoms with van der Waals surface area (Å²) in [6, 6.07) is 0. The number of aliphatic carboxylic acids is 1. The number of carbonyl (C=O) groups is 2. The molecule has 0 fully saturated rings. The second-order valence-corrected chi connectivity index (χ2v) is 2.25. The third kappa shape index (κ3) is 27.2. The molecule has 0 bridgehead atoms. The van der Waals surface area contributed by atoms with Gasteiger partial charge in [-0.2, -0.15) is 0 Å². The summed E-state index contributed by atoms with van der Waals surface area (Å²) in [6.45, 7) is 5.57. The van der Waals surface area contributed by atoms with Gasteiger partial charge in [-0.1, -0.05) is 26.7 Å². The van der Waals surface area contributed by atoms with Gasteiger partial charge in [0, 0.05) is 12.4 Å². The van der Waals surface area contributed by atoms with Gasteiger partial charge in [0.05, 0.1) is 0 Å². The first kappa shape index (κ1) is 12.8. The number of carboxylic acids is 1. The quantitative estimate of drug-likeness (QED) is 0.564. The molecule has 0 aliphatic carbocycles. The maximum absolute atomic E-state index is 9.83. The van der Waals surface area contributed by atoms with Crippen molar-refractivity contribution >= 4 is 11.8 Å². The van der Waals surface area contributed by atoms with E-state index < -0.39 is 12.4 Å². The monoisotopic (exact) mass is 159 g/mol. The van der Waals surface area contributed by atoms with Crippen LogP contribution in [0.15, 0.2) is 0 Å². The normalized spacial score (nSPS) is 7.91. The number of hydrogen-bond acceptors (Lipinski definition) is 3. The minimum absolute atomic E-state index is 0.375. The number of carboxylic acid groups (broad SMARTS) is 1. The minimum atomic E-state index is -1.31. The van der Waals surface area contributed by atoms with Gasteiger partial charge in [-0.25, -0.2) is 0 Å². The molecule has 0 amide bonds. The standard InChI is InChI=1S/C4H6O3.C4H10/c1-3(5)2-4(6)7;1-3-4-2/h2H2,1H3,(H,6,7);3-4H2,1-2H3/p-1. The summed E-state index contributed by atoms with van der Waals surface area (Å²) in [5.74, 6) is -1.69. The molecular weight excluding hydrogens is 144 g/mol. The molecule has 0 aromatic rings. The predicted molar refractivity (Wildman–Crippen MR) is 40.9 cm³/mol. The van der Waals surface area contributed by atoms with E-state index in [1.54, 1.807) is 0 Å². The number of rotatable bonds is 3. The van der Waals surface area contributed by atoms with Crippen molar-refractivity contribution in [1.29, 1.82) is 0 Å². The maximum Gasteiger partial charge on any atom is 0.135 e. The fourth-order valence-electron chi connectivity index (χ4n) is 0.203. The van der Waals surface area contributed by atoms with E-state index in [0.29, 0.717) is 0 Å². The van der Waals surface area contributed by atoms with Crippen molar-refractivity contribution in [2.75, 3.05) is 0 Å².